The standard InChI is InChI=1S/C22H15Cl3F3N3O4/c1-34-20-7-12(6-17(25)21(20)35-11-13-2-4-15(23)9-16(13)24)10-29-30-18-5-3-14(22(26,27)28)8-19(18)31(32)33/h2-10,30H,11H2,1H3/b29-10-. The summed E-state index contributed by atoms with van der Waals surface area (Å²) in [6, 6.07) is 10.0. The zero-order valence-corrected chi connectivity index (χ0v) is 20.0. The molecule has 0 spiro atoms. The number of rotatable bonds is 8. The van der Waals surface area contributed by atoms with Gasteiger partial charge in [0.1, 0.15) is 12.3 Å². The first-order valence-electron chi connectivity index (χ1n) is 9.58. The summed E-state index contributed by atoms with van der Waals surface area (Å²) in [6.07, 6.45) is -3.46. The molecule has 0 atom stereocenters. The van der Waals surface area contributed by atoms with Gasteiger partial charge in [0.2, 0.25) is 0 Å². The maximum atomic E-state index is 12.8. The number of nitro groups is 1. The third-order valence-corrected chi connectivity index (χ3v) is 5.43. The van der Waals surface area contributed by atoms with E-state index in [2.05, 4.69) is 10.5 Å². The predicted molar refractivity (Wildman–Crippen MR) is 128 cm³/mol. The first-order chi connectivity index (χ1) is 16.5. The van der Waals surface area contributed by atoms with Gasteiger partial charge in [-0.3, -0.25) is 15.5 Å². The van der Waals surface area contributed by atoms with E-state index in [0.717, 1.165) is 6.07 Å². The Labute approximate surface area is 212 Å². The molecule has 35 heavy (non-hydrogen) atoms. The van der Waals surface area contributed by atoms with E-state index in [0.29, 0.717) is 33.3 Å². The van der Waals surface area contributed by atoms with Crippen molar-refractivity contribution in [3.8, 4) is 11.5 Å². The van der Waals surface area contributed by atoms with Gasteiger partial charge in [-0.1, -0.05) is 40.9 Å². The molecule has 0 saturated heterocycles. The summed E-state index contributed by atoms with van der Waals surface area (Å²) in [4.78, 5) is 10.2. The van der Waals surface area contributed by atoms with Gasteiger partial charge in [0.05, 0.1) is 28.8 Å². The molecule has 0 aliphatic carbocycles. The lowest BCUT2D eigenvalue weighted by molar-refractivity contribution is -0.384. The Kier molecular flexibility index (Phi) is 8.31. The molecule has 0 fully saturated rings. The van der Waals surface area contributed by atoms with Crippen molar-refractivity contribution < 1.29 is 27.6 Å². The molecular weight excluding hydrogens is 534 g/mol. The molecule has 0 aliphatic rings. The number of ether oxygens (including phenoxy) is 2. The van der Waals surface area contributed by atoms with Gasteiger partial charge in [0, 0.05) is 21.7 Å². The highest BCUT2D eigenvalue weighted by Gasteiger charge is 2.33. The average molecular weight is 549 g/mol. The van der Waals surface area contributed by atoms with Gasteiger partial charge >= 0.3 is 6.18 Å². The highest BCUT2D eigenvalue weighted by atomic mass is 35.5. The highest BCUT2D eigenvalue weighted by Crippen LogP contribution is 2.38. The van der Waals surface area contributed by atoms with E-state index in [1.807, 2.05) is 0 Å². The Bertz CT molecular complexity index is 1290. The van der Waals surface area contributed by atoms with Gasteiger partial charge in [0.25, 0.3) is 5.69 Å². The number of alkyl halides is 3. The van der Waals surface area contributed by atoms with Crippen molar-refractivity contribution in [3.63, 3.8) is 0 Å². The van der Waals surface area contributed by atoms with Crippen molar-refractivity contribution >= 4 is 52.4 Å². The Morgan fingerprint density at radius 3 is 2.46 bits per heavy atom. The fourth-order valence-electron chi connectivity index (χ4n) is 2.87. The minimum Gasteiger partial charge on any atom is -0.493 e. The molecule has 3 aromatic carbocycles. The van der Waals surface area contributed by atoms with Crippen LogP contribution in [0.5, 0.6) is 11.5 Å². The molecular formula is C22H15Cl3F3N3O4. The number of benzene rings is 3. The normalized spacial score (nSPS) is 11.5. The average Bonchev–Trinajstić information content (AvgIpc) is 2.78. The Balaban J connectivity index is 1.78. The van der Waals surface area contributed by atoms with E-state index < -0.39 is 22.4 Å². The second-order valence-electron chi connectivity index (χ2n) is 6.92. The van der Waals surface area contributed by atoms with Crippen LogP contribution in [0, 0.1) is 10.1 Å². The van der Waals surface area contributed by atoms with Gasteiger partial charge in [-0.25, -0.2) is 0 Å². The summed E-state index contributed by atoms with van der Waals surface area (Å²) in [7, 11) is 1.40. The van der Waals surface area contributed by atoms with Crippen LogP contribution in [0.1, 0.15) is 16.7 Å². The van der Waals surface area contributed by atoms with Gasteiger partial charge in [-0.05, 0) is 42.0 Å². The molecule has 0 saturated carbocycles. The van der Waals surface area contributed by atoms with Gasteiger partial charge in [-0.2, -0.15) is 18.3 Å². The molecule has 0 amide bonds. The molecule has 0 unspecified atom stereocenters. The second kappa shape index (κ2) is 11.0. The van der Waals surface area contributed by atoms with Crippen LogP contribution in [-0.2, 0) is 12.8 Å². The summed E-state index contributed by atoms with van der Waals surface area (Å²) in [5.74, 6) is 0.508. The van der Waals surface area contributed by atoms with Crippen LogP contribution < -0.4 is 14.9 Å². The number of nitrogens with one attached hydrogen (secondary N) is 1. The number of hydrogen-bond donors (Lipinski definition) is 1. The largest absolute Gasteiger partial charge is 0.493 e. The second-order valence-corrected chi connectivity index (χ2v) is 8.17. The first kappa shape index (κ1) is 26.4. The number of hydrogen-bond acceptors (Lipinski definition) is 6. The maximum absolute atomic E-state index is 12.8. The predicted octanol–water partition coefficient (Wildman–Crippen LogP) is 7.61. The summed E-state index contributed by atoms with van der Waals surface area (Å²) >= 11 is 18.4. The molecule has 1 N–H and O–H groups in total. The van der Waals surface area contributed by atoms with Crippen LogP contribution in [0.3, 0.4) is 0 Å². The lowest BCUT2D eigenvalue weighted by Gasteiger charge is -2.14. The summed E-state index contributed by atoms with van der Waals surface area (Å²) < 4.78 is 49.6. The van der Waals surface area contributed by atoms with Crippen molar-refractivity contribution in [1.82, 2.24) is 0 Å². The molecule has 0 radical (unpaired) electrons. The first-order valence-corrected chi connectivity index (χ1v) is 10.7. The van der Waals surface area contributed by atoms with Crippen molar-refractivity contribution in [3.05, 3.63) is 90.4 Å². The lowest BCUT2D eigenvalue weighted by atomic mass is 10.1. The van der Waals surface area contributed by atoms with Crippen LogP contribution in [0.25, 0.3) is 0 Å². The van der Waals surface area contributed by atoms with Gasteiger partial charge < -0.3 is 9.47 Å². The van der Waals surface area contributed by atoms with E-state index >= 15 is 0 Å². The lowest BCUT2D eigenvalue weighted by Crippen LogP contribution is -2.06. The molecule has 184 valence electrons. The molecule has 3 rings (SSSR count). The fourth-order valence-corrected chi connectivity index (χ4v) is 3.61. The molecule has 0 heterocycles. The van der Waals surface area contributed by atoms with E-state index in [1.54, 1.807) is 18.2 Å². The minimum absolute atomic E-state index is 0.0820. The third kappa shape index (κ3) is 6.68. The van der Waals surface area contributed by atoms with Gasteiger partial charge in [0.15, 0.2) is 11.5 Å². The summed E-state index contributed by atoms with van der Waals surface area (Å²) in [5.41, 5.74) is 1.31. The zero-order chi connectivity index (χ0) is 25.8. The molecule has 7 nitrogen and oxygen atoms in total. The highest BCUT2D eigenvalue weighted by molar-refractivity contribution is 6.35. The van der Waals surface area contributed by atoms with E-state index in [4.69, 9.17) is 44.3 Å². The number of hydrazone groups is 1. The molecule has 0 bridgehead atoms. The van der Waals surface area contributed by atoms with Crippen LogP contribution in [-0.4, -0.2) is 18.2 Å². The Hall–Kier alpha value is -3.21. The van der Waals surface area contributed by atoms with Crippen LogP contribution >= 0.6 is 34.8 Å². The molecule has 0 aliphatic heterocycles. The van der Waals surface area contributed by atoms with Gasteiger partial charge in [-0.15, -0.1) is 0 Å². The number of methoxy groups -OCH3 is 1. The monoisotopic (exact) mass is 547 g/mol. The quantitative estimate of drug-likeness (QED) is 0.178. The SMILES string of the molecule is COc1cc(/C=N\Nc2ccc(C(F)(F)F)cc2[N+](=O)[O-])cc(Cl)c1OCc1ccc(Cl)cc1Cl. The van der Waals surface area contributed by atoms with Crippen LogP contribution in [0.4, 0.5) is 24.5 Å². The van der Waals surface area contributed by atoms with Crippen molar-refractivity contribution in [1.29, 1.82) is 0 Å². The minimum atomic E-state index is -4.72. The van der Waals surface area contributed by atoms with E-state index in [1.165, 1.54) is 25.5 Å². The molecule has 13 heteroatoms. The summed E-state index contributed by atoms with van der Waals surface area (Å²) in [5, 5.41) is 16.1. The number of nitro benzene ring substituents is 1. The molecule has 0 aromatic heterocycles. The molecule has 3 aromatic rings. The number of anilines is 1. The van der Waals surface area contributed by atoms with Crippen LogP contribution in [0.15, 0.2) is 53.6 Å². The summed E-state index contributed by atoms with van der Waals surface area (Å²) in [6.45, 7) is 0.0820. The van der Waals surface area contributed by atoms with Crippen molar-refractivity contribution in [2.24, 2.45) is 5.10 Å². The number of halogens is 6. The number of nitrogens with zero attached hydrogens (tertiary/aromatic N) is 2. The zero-order valence-electron chi connectivity index (χ0n) is 17.7. The van der Waals surface area contributed by atoms with Crippen molar-refractivity contribution in [2.45, 2.75) is 12.8 Å². The Morgan fingerprint density at radius 1 is 1.09 bits per heavy atom. The van der Waals surface area contributed by atoms with E-state index in [9.17, 15) is 23.3 Å². The fraction of sp³-hybridized carbons (Fsp3) is 0.136. The topological polar surface area (TPSA) is 86.0 Å². The maximum Gasteiger partial charge on any atom is 0.416 e. The third-order valence-electron chi connectivity index (χ3n) is 4.56. The Morgan fingerprint density at radius 2 is 1.83 bits per heavy atom. The van der Waals surface area contributed by atoms with Crippen LogP contribution in [0.2, 0.25) is 15.1 Å². The van der Waals surface area contributed by atoms with E-state index in [-0.39, 0.29) is 28.8 Å². The van der Waals surface area contributed by atoms with Crippen molar-refractivity contribution in [2.75, 3.05) is 12.5 Å². The smallest absolute Gasteiger partial charge is 0.416 e.